The van der Waals surface area contributed by atoms with Gasteiger partial charge in [-0.15, -0.1) is 0 Å². The highest BCUT2D eigenvalue weighted by Gasteiger charge is 2.23. The largest absolute Gasteiger partial charge is 0.479 e. The van der Waals surface area contributed by atoms with Gasteiger partial charge in [-0.3, -0.25) is 4.79 Å². The molecule has 0 aliphatic heterocycles. The Labute approximate surface area is 129 Å². The zero-order valence-electron chi connectivity index (χ0n) is 12.0. The monoisotopic (exact) mass is 310 g/mol. The van der Waals surface area contributed by atoms with Crippen LogP contribution in [0, 0.1) is 5.92 Å². The summed E-state index contributed by atoms with van der Waals surface area (Å²) in [6.07, 6.45) is 4.28. The zero-order chi connectivity index (χ0) is 15.4. The second kappa shape index (κ2) is 6.94. The van der Waals surface area contributed by atoms with Gasteiger partial charge in [0.15, 0.2) is 11.9 Å². The van der Waals surface area contributed by atoms with Gasteiger partial charge in [0.05, 0.1) is 5.02 Å². The van der Waals surface area contributed by atoms with E-state index in [1.54, 1.807) is 18.2 Å². The van der Waals surface area contributed by atoms with Gasteiger partial charge < -0.3 is 9.84 Å². The van der Waals surface area contributed by atoms with Crippen molar-refractivity contribution < 1.29 is 19.4 Å². The Morgan fingerprint density at radius 3 is 2.52 bits per heavy atom. The number of carboxylic acids is 1. The van der Waals surface area contributed by atoms with E-state index in [1.165, 1.54) is 13.3 Å². The van der Waals surface area contributed by atoms with Crippen LogP contribution in [0.5, 0.6) is 5.75 Å². The van der Waals surface area contributed by atoms with Crippen molar-refractivity contribution >= 4 is 23.4 Å². The molecule has 21 heavy (non-hydrogen) atoms. The summed E-state index contributed by atoms with van der Waals surface area (Å²) in [7, 11) is 0. The fourth-order valence-electron chi connectivity index (χ4n) is 2.59. The summed E-state index contributed by atoms with van der Waals surface area (Å²) in [5.74, 6) is -0.575. The number of ether oxygens (including phenoxy) is 1. The number of aliphatic carboxylic acids is 1. The molecule has 1 atom stereocenters. The molecule has 114 valence electrons. The minimum absolute atomic E-state index is 0.0829. The Hall–Kier alpha value is -1.55. The van der Waals surface area contributed by atoms with Gasteiger partial charge in [-0.1, -0.05) is 30.9 Å². The highest BCUT2D eigenvalue weighted by atomic mass is 35.5. The van der Waals surface area contributed by atoms with Gasteiger partial charge in [0.25, 0.3) is 0 Å². The molecule has 0 radical (unpaired) electrons. The van der Waals surface area contributed by atoms with E-state index < -0.39 is 12.1 Å². The molecule has 0 amide bonds. The van der Waals surface area contributed by atoms with E-state index in [0.717, 1.165) is 25.7 Å². The lowest BCUT2D eigenvalue weighted by molar-refractivity contribution is -0.144. The Bertz CT molecular complexity index is 535. The van der Waals surface area contributed by atoms with Crippen LogP contribution < -0.4 is 4.74 Å². The van der Waals surface area contributed by atoms with E-state index in [4.69, 9.17) is 21.4 Å². The Balaban J connectivity index is 2.10. The van der Waals surface area contributed by atoms with Crippen LogP contribution in [-0.2, 0) is 4.79 Å². The average Bonchev–Trinajstić information content (AvgIpc) is 2.49. The van der Waals surface area contributed by atoms with Crippen molar-refractivity contribution in [1.29, 1.82) is 0 Å². The molecular weight excluding hydrogens is 292 g/mol. The molecule has 1 aromatic carbocycles. The molecule has 0 unspecified atom stereocenters. The molecule has 0 spiro atoms. The maximum Gasteiger partial charge on any atom is 0.344 e. The summed E-state index contributed by atoms with van der Waals surface area (Å²) in [6.45, 7) is 1.43. The number of ketones is 1. The standard InChI is InChI=1S/C16H19ClO4/c1-10(16(19)20)21-14-8-7-12(9-13(14)17)15(18)11-5-3-2-4-6-11/h7-11H,2-6H2,1H3,(H,19,20)/t10-/m1/s1. The molecular formula is C16H19ClO4. The van der Waals surface area contributed by atoms with Crippen molar-refractivity contribution in [3.63, 3.8) is 0 Å². The fraction of sp³-hybridized carbons (Fsp3) is 0.500. The molecule has 1 N–H and O–H groups in total. The fourth-order valence-corrected chi connectivity index (χ4v) is 2.82. The van der Waals surface area contributed by atoms with Crippen LogP contribution >= 0.6 is 11.6 Å². The van der Waals surface area contributed by atoms with Crippen molar-refractivity contribution in [2.75, 3.05) is 0 Å². The highest BCUT2D eigenvalue weighted by Crippen LogP contribution is 2.31. The average molecular weight is 311 g/mol. The summed E-state index contributed by atoms with van der Waals surface area (Å²) >= 11 is 6.09. The Morgan fingerprint density at radius 2 is 1.95 bits per heavy atom. The number of rotatable bonds is 5. The second-order valence-electron chi connectivity index (χ2n) is 5.44. The van der Waals surface area contributed by atoms with E-state index in [2.05, 4.69) is 0 Å². The third kappa shape index (κ3) is 3.97. The van der Waals surface area contributed by atoms with Crippen LogP contribution in [0.3, 0.4) is 0 Å². The summed E-state index contributed by atoms with van der Waals surface area (Å²) < 4.78 is 5.24. The summed E-state index contributed by atoms with van der Waals surface area (Å²) in [6, 6.07) is 4.80. The predicted octanol–water partition coefficient (Wildman–Crippen LogP) is 3.95. The Kier molecular flexibility index (Phi) is 5.23. The van der Waals surface area contributed by atoms with Crippen molar-refractivity contribution in [3.05, 3.63) is 28.8 Å². The van der Waals surface area contributed by atoms with Crippen LogP contribution in [0.1, 0.15) is 49.4 Å². The number of hydrogen-bond acceptors (Lipinski definition) is 3. The third-order valence-electron chi connectivity index (χ3n) is 3.84. The highest BCUT2D eigenvalue weighted by molar-refractivity contribution is 6.32. The van der Waals surface area contributed by atoms with E-state index in [-0.39, 0.29) is 22.5 Å². The molecule has 0 saturated heterocycles. The summed E-state index contributed by atoms with van der Waals surface area (Å²) in [4.78, 5) is 23.2. The maximum absolute atomic E-state index is 12.4. The minimum Gasteiger partial charge on any atom is -0.479 e. The van der Waals surface area contributed by atoms with Crippen LogP contribution in [0.15, 0.2) is 18.2 Å². The van der Waals surface area contributed by atoms with E-state index in [0.29, 0.717) is 5.56 Å². The minimum atomic E-state index is -1.06. The molecule has 0 aromatic heterocycles. The summed E-state index contributed by atoms with van der Waals surface area (Å²) in [5, 5.41) is 9.09. The molecule has 1 aliphatic rings. The van der Waals surface area contributed by atoms with Crippen molar-refractivity contribution in [3.8, 4) is 5.75 Å². The van der Waals surface area contributed by atoms with E-state index in [9.17, 15) is 9.59 Å². The molecule has 0 bridgehead atoms. The normalized spacial score (nSPS) is 17.2. The number of carboxylic acid groups (broad SMARTS) is 1. The molecule has 1 fully saturated rings. The number of benzene rings is 1. The smallest absolute Gasteiger partial charge is 0.344 e. The number of hydrogen-bond donors (Lipinski definition) is 1. The molecule has 2 rings (SSSR count). The first-order valence-electron chi connectivity index (χ1n) is 7.22. The Morgan fingerprint density at radius 1 is 1.29 bits per heavy atom. The molecule has 1 aliphatic carbocycles. The van der Waals surface area contributed by atoms with Gasteiger partial charge in [0.2, 0.25) is 0 Å². The SMILES string of the molecule is C[C@@H](Oc1ccc(C(=O)C2CCCCC2)cc1Cl)C(=O)O. The number of carbonyl (C=O) groups excluding carboxylic acids is 1. The molecule has 1 aromatic rings. The van der Waals surface area contributed by atoms with Gasteiger partial charge in [-0.2, -0.15) is 0 Å². The number of Topliss-reactive ketones (excluding diaryl/α,β-unsaturated/α-hetero) is 1. The lowest BCUT2D eigenvalue weighted by Crippen LogP contribution is -2.23. The lowest BCUT2D eigenvalue weighted by Gasteiger charge is -2.20. The first-order valence-corrected chi connectivity index (χ1v) is 7.60. The molecule has 4 nitrogen and oxygen atoms in total. The molecule has 5 heteroatoms. The number of halogens is 1. The first-order chi connectivity index (χ1) is 9.99. The number of carbonyl (C=O) groups is 2. The lowest BCUT2D eigenvalue weighted by atomic mass is 9.84. The van der Waals surface area contributed by atoms with Gasteiger partial charge >= 0.3 is 5.97 Å². The zero-order valence-corrected chi connectivity index (χ0v) is 12.7. The summed E-state index contributed by atoms with van der Waals surface area (Å²) in [5.41, 5.74) is 0.572. The topological polar surface area (TPSA) is 63.6 Å². The van der Waals surface area contributed by atoms with Crippen molar-refractivity contribution in [2.24, 2.45) is 5.92 Å². The first kappa shape index (κ1) is 15.8. The van der Waals surface area contributed by atoms with Crippen LogP contribution in [-0.4, -0.2) is 23.0 Å². The quantitative estimate of drug-likeness (QED) is 0.836. The van der Waals surface area contributed by atoms with Crippen LogP contribution in [0.25, 0.3) is 0 Å². The second-order valence-corrected chi connectivity index (χ2v) is 5.85. The predicted molar refractivity (Wildman–Crippen MR) is 80.1 cm³/mol. The van der Waals surface area contributed by atoms with E-state index >= 15 is 0 Å². The van der Waals surface area contributed by atoms with E-state index in [1.807, 2.05) is 0 Å². The van der Waals surface area contributed by atoms with Gasteiger partial charge in [0, 0.05) is 11.5 Å². The van der Waals surface area contributed by atoms with Crippen molar-refractivity contribution in [1.82, 2.24) is 0 Å². The molecule has 0 heterocycles. The van der Waals surface area contributed by atoms with Crippen LogP contribution in [0.4, 0.5) is 0 Å². The maximum atomic E-state index is 12.4. The van der Waals surface area contributed by atoms with Gasteiger partial charge in [-0.25, -0.2) is 4.79 Å². The van der Waals surface area contributed by atoms with Crippen molar-refractivity contribution in [2.45, 2.75) is 45.1 Å². The van der Waals surface area contributed by atoms with Gasteiger partial charge in [-0.05, 0) is 38.0 Å². The third-order valence-corrected chi connectivity index (χ3v) is 4.14. The van der Waals surface area contributed by atoms with Gasteiger partial charge in [0.1, 0.15) is 5.75 Å². The molecule has 1 saturated carbocycles. The van der Waals surface area contributed by atoms with Crippen LogP contribution in [0.2, 0.25) is 5.02 Å².